The molecule has 1 atom stereocenters. The highest BCUT2D eigenvalue weighted by Crippen LogP contribution is 2.45. The van der Waals surface area contributed by atoms with Crippen molar-refractivity contribution in [2.24, 2.45) is 0 Å². The number of anilines is 1. The summed E-state index contributed by atoms with van der Waals surface area (Å²) in [7, 11) is 0. The van der Waals surface area contributed by atoms with E-state index in [2.05, 4.69) is 37.9 Å². The lowest BCUT2D eigenvalue weighted by Gasteiger charge is -2.47. The van der Waals surface area contributed by atoms with Crippen molar-refractivity contribution < 1.29 is 14.0 Å². The molecular formula is C26H29ClFN3O2. The molecule has 1 N–H and O–H groups in total. The molecule has 1 saturated heterocycles. The number of carbonyl (C=O) groups excluding carboxylic acids is 2. The molecule has 33 heavy (non-hydrogen) atoms. The molecule has 0 aliphatic carbocycles. The fraction of sp³-hybridized carbons (Fsp3) is 0.385. The van der Waals surface area contributed by atoms with E-state index in [-0.39, 0.29) is 23.3 Å². The Morgan fingerprint density at radius 2 is 1.97 bits per heavy atom. The molecular weight excluding hydrogens is 441 g/mol. The first-order chi connectivity index (χ1) is 15.6. The van der Waals surface area contributed by atoms with Gasteiger partial charge in [-0.2, -0.15) is 0 Å². The van der Waals surface area contributed by atoms with Crippen LogP contribution in [0.4, 0.5) is 14.9 Å². The van der Waals surface area contributed by atoms with Gasteiger partial charge < -0.3 is 10.2 Å². The van der Waals surface area contributed by atoms with Crippen molar-refractivity contribution in [2.75, 3.05) is 11.4 Å². The molecule has 3 amide bonds. The van der Waals surface area contributed by atoms with E-state index < -0.39 is 17.8 Å². The normalized spacial score (nSPS) is 20.9. The number of imide groups is 1. The number of carbonyl (C=O) groups is 2. The minimum atomic E-state index is -0.576. The summed E-state index contributed by atoms with van der Waals surface area (Å²) in [6.07, 6.45) is 3.64. The van der Waals surface area contributed by atoms with Crippen LogP contribution < -0.4 is 10.2 Å². The SMILES string of the molecule is CCCN1c2cc(Cl)c(/C=C3/NC(=O)N(Cc4ccccc4F)C3=O)cc2C(C)CC1(C)C. The third kappa shape index (κ3) is 4.36. The molecule has 2 aliphatic heterocycles. The van der Waals surface area contributed by atoms with Crippen LogP contribution >= 0.6 is 11.6 Å². The van der Waals surface area contributed by atoms with E-state index in [0.717, 1.165) is 30.0 Å². The number of urea groups is 1. The first-order valence-corrected chi connectivity index (χ1v) is 11.7. The van der Waals surface area contributed by atoms with Gasteiger partial charge in [0.1, 0.15) is 11.5 Å². The maximum Gasteiger partial charge on any atom is 0.329 e. The van der Waals surface area contributed by atoms with Crippen LogP contribution in [0.3, 0.4) is 0 Å². The fourth-order valence-corrected chi connectivity index (χ4v) is 5.16. The second-order valence-electron chi connectivity index (χ2n) is 9.47. The van der Waals surface area contributed by atoms with Crippen LogP contribution in [0.2, 0.25) is 5.02 Å². The van der Waals surface area contributed by atoms with Gasteiger partial charge in [0.05, 0.1) is 6.54 Å². The van der Waals surface area contributed by atoms with E-state index in [9.17, 15) is 14.0 Å². The van der Waals surface area contributed by atoms with Crippen molar-refractivity contribution in [1.29, 1.82) is 0 Å². The van der Waals surface area contributed by atoms with E-state index >= 15 is 0 Å². The maximum absolute atomic E-state index is 14.0. The summed E-state index contributed by atoms with van der Waals surface area (Å²) in [5, 5.41) is 3.13. The zero-order chi connectivity index (χ0) is 23.9. The van der Waals surface area contributed by atoms with Crippen LogP contribution in [0.15, 0.2) is 42.1 Å². The summed E-state index contributed by atoms with van der Waals surface area (Å²) < 4.78 is 14.0. The number of hydrogen-bond donors (Lipinski definition) is 1. The van der Waals surface area contributed by atoms with Crippen LogP contribution in [-0.4, -0.2) is 28.9 Å². The van der Waals surface area contributed by atoms with Gasteiger partial charge in [0.2, 0.25) is 0 Å². The smallest absolute Gasteiger partial charge is 0.329 e. The number of nitrogens with one attached hydrogen (secondary N) is 1. The molecule has 2 aliphatic rings. The summed E-state index contributed by atoms with van der Waals surface area (Å²) in [6.45, 7) is 9.67. The van der Waals surface area contributed by atoms with Gasteiger partial charge in [-0.25, -0.2) is 9.18 Å². The highest BCUT2D eigenvalue weighted by Gasteiger charge is 2.37. The molecule has 2 aromatic carbocycles. The Balaban J connectivity index is 1.66. The Kier molecular flexibility index (Phi) is 6.23. The second kappa shape index (κ2) is 8.82. The summed E-state index contributed by atoms with van der Waals surface area (Å²) in [5.74, 6) is -0.635. The predicted molar refractivity (Wildman–Crippen MR) is 130 cm³/mol. The molecule has 0 aromatic heterocycles. The molecule has 2 aromatic rings. The van der Waals surface area contributed by atoms with Crippen LogP contribution in [0, 0.1) is 5.82 Å². The summed E-state index contributed by atoms with van der Waals surface area (Å²) in [4.78, 5) is 28.8. The Bertz CT molecular complexity index is 1140. The number of fused-ring (bicyclic) bond motifs is 1. The molecule has 1 fully saturated rings. The van der Waals surface area contributed by atoms with E-state index in [0.29, 0.717) is 16.5 Å². The predicted octanol–water partition coefficient (Wildman–Crippen LogP) is 6.07. The van der Waals surface area contributed by atoms with Gasteiger partial charge in [-0.15, -0.1) is 0 Å². The highest BCUT2D eigenvalue weighted by molar-refractivity contribution is 6.32. The van der Waals surface area contributed by atoms with Gasteiger partial charge >= 0.3 is 6.03 Å². The number of hydrogen-bond acceptors (Lipinski definition) is 3. The zero-order valence-electron chi connectivity index (χ0n) is 19.4. The molecule has 0 saturated carbocycles. The van der Waals surface area contributed by atoms with Crippen molar-refractivity contribution in [3.63, 3.8) is 0 Å². The van der Waals surface area contributed by atoms with Crippen LogP contribution in [-0.2, 0) is 11.3 Å². The third-order valence-corrected chi connectivity index (χ3v) is 6.83. The zero-order valence-corrected chi connectivity index (χ0v) is 20.2. The van der Waals surface area contributed by atoms with Gasteiger partial charge in [0.25, 0.3) is 5.91 Å². The summed E-state index contributed by atoms with van der Waals surface area (Å²) in [5.41, 5.74) is 3.41. The minimum Gasteiger partial charge on any atom is -0.366 e. The number of halogens is 2. The van der Waals surface area contributed by atoms with Gasteiger partial charge in [-0.05, 0) is 68.0 Å². The lowest BCUT2D eigenvalue weighted by Crippen LogP contribution is -2.48. The molecule has 0 bridgehead atoms. The van der Waals surface area contributed by atoms with Crippen molar-refractivity contribution in [2.45, 2.75) is 58.5 Å². The minimum absolute atomic E-state index is 0.0222. The Hall–Kier alpha value is -2.86. The summed E-state index contributed by atoms with van der Waals surface area (Å²) >= 11 is 6.66. The maximum atomic E-state index is 14.0. The number of rotatable bonds is 5. The molecule has 5 nitrogen and oxygen atoms in total. The van der Waals surface area contributed by atoms with Crippen LogP contribution in [0.1, 0.15) is 63.1 Å². The lowest BCUT2D eigenvalue weighted by atomic mass is 9.79. The third-order valence-electron chi connectivity index (χ3n) is 6.50. The standard InChI is InChI=1S/C26H29ClFN3O2/c1-5-10-31-23-13-20(27)18(11-19(23)16(2)14-26(31,3)4)12-22-24(32)30(25(33)29-22)15-17-8-6-7-9-21(17)28/h6-9,11-13,16H,5,10,14-15H2,1-4H3,(H,29,33)/b22-12+. The Morgan fingerprint density at radius 1 is 1.24 bits per heavy atom. The molecule has 2 heterocycles. The largest absolute Gasteiger partial charge is 0.366 e. The topological polar surface area (TPSA) is 52.7 Å². The second-order valence-corrected chi connectivity index (χ2v) is 9.88. The average Bonchev–Trinajstić information content (AvgIpc) is 3.00. The van der Waals surface area contributed by atoms with Crippen LogP contribution in [0.5, 0.6) is 0 Å². The van der Waals surface area contributed by atoms with Crippen molar-refractivity contribution in [3.8, 4) is 0 Å². The van der Waals surface area contributed by atoms with E-state index in [1.54, 1.807) is 24.3 Å². The average molecular weight is 470 g/mol. The first-order valence-electron chi connectivity index (χ1n) is 11.3. The highest BCUT2D eigenvalue weighted by atomic mass is 35.5. The molecule has 7 heteroatoms. The molecule has 0 spiro atoms. The van der Waals surface area contributed by atoms with Crippen molar-refractivity contribution in [3.05, 3.63) is 69.6 Å². The fourth-order valence-electron chi connectivity index (χ4n) is 4.95. The summed E-state index contributed by atoms with van der Waals surface area (Å²) in [6, 6.07) is 9.52. The Labute approximate surface area is 199 Å². The van der Waals surface area contributed by atoms with Gasteiger partial charge in [0.15, 0.2) is 0 Å². The van der Waals surface area contributed by atoms with Crippen molar-refractivity contribution in [1.82, 2.24) is 10.2 Å². The van der Waals surface area contributed by atoms with Gasteiger partial charge in [0, 0.05) is 28.4 Å². The van der Waals surface area contributed by atoms with E-state index in [1.165, 1.54) is 11.6 Å². The molecule has 4 rings (SSSR count). The molecule has 1 unspecified atom stereocenters. The Morgan fingerprint density at radius 3 is 2.67 bits per heavy atom. The number of amides is 3. The molecule has 0 radical (unpaired) electrons. The van der Waals surface area contributed by atoms with Gasteiger partial charge in [-0.3, -0.25) is 9.69 Å². The van der Waals surface area contributed by atoms with Crippen LogP contribution in [0.25, 0.3) is 6.08 Å². The number of nitrogens with zero attached hydrogens (tertiary/aromatic N) is 2. The van der Waals surface area contributed by atoms with Crippen molar-refractivity contribution >= 4 is 35.3 Å². The molecule has 174 valence electrons. The van der Waals surface area contributed by atoms with E-state index in [4.69, 9.17) is 11.6 Å². The lowest BCUT2D eigenvalue weighted by molar-refractivity contribution is -0.123. The quantitative estimate of drug-likeness (QED) is 0.427. The monoisotopic (exact) mass is 469 g/mol. The van der Waals surface area contributed by atoms with E-state index in [1.807, 2.05) is 12.1 Å². The first kappa shape index (κ1) is 23.3. The van der Waals surface area contributed by atoms with Gasteiger partial charge in [-0.1, -0.05) is 43.6 Å². The number of benzene rings is 2.